The van der Waals surface area contributed by atoms with Crippen LogP contribution in [-0.2, 0) is 26.5 Å². The van der Waals surface area contributed by atoms with Gasteiger partial charge < -0.3 is 13.9 Å². The van der Waals surface area contributed by atoms with E-state index in [9.17, 15) is 0 Å². The third-order valence-electron chi connectivity index (χ3n) is 11.0. The summed E-state index contributed by atoms with van der Waals surface area (Å²) in [5.41, 5.74) is 13.1. The standard InChI is InChI=1S/C51H41N5O.Pt/c1-32-27-33(2)48(34(3)28-32)43-24-26-54(53-43)37-15-12-16-38(30-37)57-39-19-20-40-41-21-22-45-49(42-17-10-11-18-44(42)55(45)36-13-8-7-9-14-36)50(41)56(46(40)31-39)47-29-35(23-25-52-47)51(4,5)6;/h7-29H,1-6H3;/q-2;+2. The van der Waals surface area contributed by atoms with Gasteiger partial charge in [0.05, 0.1) is 22.2 Å². The van der Waals surface area contributed by atoms with Crippen molar-refractivity contribution < 1.29 is 25.8 Å². The molecule has 286 valence electrons. The third kappa shape index (κ3) is 6.24. The maximum absolute atomic E-state index is 6.59. The molecule has 0 spiro atoms. The van der Waals surface area contributed by atoms with Gasteiger partial charge >= 0.3 is 21.1 Å². The molecule has 4 aromatic heterocycles. The number of hydrogen-bond donors (Lipinski definition) is 0. The van der Waals surface area contributed by atoms with E-state index >= 15 is 0 Å². The Kier molecular flexibility index (Phi) is 9.21. The van der Waals surface area contributed by atoms with Crippen LogP contribution in [0.25, 0.3) is 72.1 Å². The van der Waals surface area contributed by atoms with Crippen LogP contribution >= 0.6 is 0 Å². The maximum atomic E-state index is 6.59. The van der Waals surface area contributed by atoms with E-state index in [0.29, 0.717) is 11.5 Å². The van der Waals surface area contributed by atoms with Gasteiger partial charge in [-0.2, -0.15) is 17.2 Å². The third-order valence-corrected chi connectivity index (χ3v) is 11.0. The number of para-hydroxylation sites is 2. The number of benzene rings is 6. The van der Waals surface area contributed by atoms with Gasteiger partial charge in [-0.3, -0.25) is 4.68 Å². The average Bonchev–Trinajstić information content (AvgIpc) is 3.90. The predicted octanol–water partition coefficient (Wildman–Crippen LogP) is 12.7. The SMILES string of the molecule is Cc1cc(C)c(-c2ccn(-c3[c-]c(Oc4[c-]c5c(cc4)c4ccc6c(c7ccccc7n6-c6ccccc6)c4n5-c4cc(C(C)(C)C)ccn4)ccc3)n2)c(C)c1.[Pt+2]. The summed E-state index contributed by atoms with van der Waals surface area (Å²) in [6.45, 7) is 13.1. The summed E-state index contributed by atoms with van der Waals surface area (Å²) in [7, 11) is 0. The molecule has 0 fully saturated rings. The van der Waals surface area contributed by atoms with Crippen molar-refractivity contribution in [2.45, 2.75) is 47.0 Å². The molecule has 10 aromatic rings. The van der Waals surface area contributed by atoms with E-state index in [0.717, 1.165) is 66.7 Å². The number of hydrogen-bond acceptors (Lipinski definition) is 3. The van der Waals surface area contributed by atoms with Crippen molar-refractivity contribution in [3.8, 4) is 39.9 Å². The molecule has 6 nitrogen and oxygen atoms in total. The summed E-state index contributed by atoms with van der Waals surface area (Å²) in [5.74, 6) is 2.00. The van der Waals surface area contributed by atoms with Gasteiger partial charge in [-0.05, 0) is 96.4 Å². The Balaban J connectivity index is 0.00000436. The second-order valence-electron chi connectivity index (χ2n) is 16.0. The van der Waals surface area contributed by atoms with E-state index < -0.39 is 0 Å². The summed E-state index contributed by atoms with van der Waals surface area (Å²) in [4.78, 5) is 5.02. The average molecular weight is 935 g/mol. The first-order valence-corrected chi connectivity index (χ1v) is 19.4. The van der Waals surface area contributed by atoms with E-state index in [2.05, 4.69) is 166 Å². The van der Waals surface area contributed by atoms with Crippen LogP contribution in [0.3, 0.4) is 0 Å². The Bertz CT molecular complexity index is 3160. The summed E-state index contributed by atoms with van der Waals surface area (Å²) >= 11 is 0. The van der Waals surface area contributed by atoms with Crippen LogP contribution in [0.2, 0.25) is 0 Å². The monoisotopic (exact) mass is 934 g/mol. The van der Waals surface area contributed by atoms with Gasteiger partial charge in [0.25, 0.3) is 0 Å². The molecule has 0 bridgehead atoms. The molecular weight excluding hydrogens is 894 g/mol. The number of fused-ring (bicyclic) bond motifs is 7. The van der Waals surface area contributed by atoms with Gasteiger partial charge in [-0.25, -0.2) is 4.98 Å². The molecule has 0 saturated heterocycles. The van der Waals surface area contributed by atoms with E-state index in [4.69, 9.17) is 14.8 Å². The predicted molar refractivity (Wildman–Crippen MR) is 233 cm³/mol. The van der Waals surface area contributed by atoms with Crippen LogP contribution in [-0.4, -0.2) is 23.9 Å². The fourth-order valence-corrected chi connectivity index (χ4v) is 8.54. The summed E-state index contributed by atoms with van der Waals surface area (Å²) in [6.07, 6.45) is 3.90. The second-order valence-corrected chi connectivity index (χ2v) is 16.0. The quantitative estimate of drug-likeness (QED) is 0.156. The first-order valence-electron chi connectivity index (χ1n) is 19.4. The molecule has 0 amide bonds. The molecule has 0 aliphatic carbocycles. The van der Waals surface area contributed by atoms with Gasteiger partial charge in [0, 0.05) is 45.9 Å². The maximum Gasteiger partial charge on any atom is 2.00 e. The van der Waals surface area contributed by atoms with Crippen LogP contribution in [0.5, 0.6) is 11.5 Å². The zero-order chi connectivity index (χ0) is 39.0. The van der Waals surface area contributed by atoms with Crippen molar-refractivity contribution in [1.29, 1.82) is 0 Å². The molecule has 0 N–H and O–H groups in total. The molecule has 0 unspecified atom stereocenters. The van der Waals surface area contributed by atoms with E-state index in [-0.39, 0.29) is 26.5 Å². The molecule has 0 saturated carbocycles. The van der Waals surface area contributed by atoms with Gasteiger partial charge in [-0.15, -0.1) is 35.7 Å². The molecule has 6 aromatic carbocycles. The van der Waals surface area contributed by atoms with Crippen LogP contribution in [0.1, 0.15) is 43.0 Å². The van der Waals surface area contributed by atoms with Crippen LogP contribution in [0.15, 0.2) is 140 Å². The summed E-state index contributed by atoms with van der Waals surface area (Å²) in [6, 6.07) is 51.7. The fourth-order valence-electron chi connectivity index (χ4n) is 8.54. The van der Waals surface area contributed by atoms with E-state index in [1.165, 1.54) is 27.6 Å². The molecular formula is C51H41N5OPt. The topological polar surface area (TPSA) is 49.8 Å². The summed E-state index contributed by atoms with van der Waals surface area (Å²) < 4.78 is 13.1. The molecule has 7 heteroatoms. The van der Waals surface area contributed by atoms with Crippen molar-refractivity contribution in [1.82, 2.24) is 23.9 Å². The van der Waals surface area contributed by atoms with E-state index in [1.54, 1.807) is 0 Å². The van der Waals surface area contributed by atoms with E-state index in [1.807, 2.05) is 41.3 Å². The zero-order valence-corrected chi connectivity index (χ0v) is 35.5. The van der Waals surface area contributed by atoms with Gasteiger partial charge in [0.2, 0.25) is 0 Å². The first kappa shape index (κ1) is 37.4. The largest absolute Gasteiger partial charge is 2.00 e. The molecule has 0 radical (unpaired) electrons. The Morgan fingerprint density at radius 2 is 1.38 bits per heavy atom. The summed E-state index contributed by atoms with van der Waals surface area (Å²) in [5, 5.41) is 9.50. The molecule has 0 aliphatic heterocycles. The number of rotatable bonds is 6. The van der Waals surface area contributed by atoms with Crippen molar-refractivity contribution in [3.05, 3.63) is 174 Å². The Morgan fingerprint density at radius 3 is 2.17 bits per heavy atom. The number of nitrogens with zero attached hydrogens (tertiary/aromatic N) is 5. The Labute approximate surface area is 352 Å². The van der Waals surface area contributed by atoms with Crippen molar-refractivity contribution in [2.24, 2.45) is 0 Å². The Morgan fingerprint density at radius 1 is 0.638 bits per heavy atom. The number of aryl methyl sites for hydroxylation is 3. The Hall–Kier alpha value is -6.23. The van der Waals surface area contributed by atoms with Gasteiger partial charge in [0.15, 0.2) is 0 Å². The van der Waals surface area contributed by atoms with Gasteiger partial charge in [-0.1, -0.05) is 86.4 Å². The molecule has 0 aliphatic rings. The van der Waals surface area contributed by atoms with Crippen molar-refractivity contribution in [3.63, 3.8) is 0 Å². The smallest absolute Gasteiger partial charge is 0.509 e. The van der Waals surface area contributed by atoms with Crippen molar-refractivity contribution in [2.75, 3.05) is 0 Å². The molecule has 4 heterocycles. The van der Waals surface area contributed by atoms with Crippen LogP contribution in [0.4, 0.5) is 0 Å². The second kappa shape index (κ2) is 14.3. The molecule has 58 heavy (non-hydrogen) atoms. The van der Waals surface area contributed by atoms with Crippen LogP contribution in [0, 0.1) is 32.9 Å². The minimum atomic E-state index is -0.0684. The number of pyridine rings is 1. The zero-order valence-electron chi connectivity index (χ0n) is 33.2. The minimum absolute atomic E-state index is 0. The van der Waals surface area contributed by atoms with Gasteiger partial charge in [0.1, 0.15) is 5.82 Å². The minimum Gasteiger partial charge on any atom is -0.509 e. The van der Waals surface area contributed by atoms with Crippen molar-refractivity contribution >= 4 is 43.6 Å². The first-order chi connectivity index (χ1) is 27.6. The fraction of sp³-hybridized carbons (Fsp3) is 0.137. The molecule has 0 atom stereocenters. The van der Waals surface area contributed by atoms with Crippen LogP contribution < -0.4 is 4.74 Å². The molecule has 10 rings (SSSR count). The normalized spacial score (nSPS) is 11.8. The number of ether oxygens (including phenoxy) is 1. The number of aromatic nitrogens is 5.